The molecule has 0 aromatic heterocycles. The van der Waals surface area contributed by atoms with E-state index in [-0.39, 0.29) is 5.54 Å². The van der Waals surface area contributed by atoms with Crippen LogP contribution in [0, 0.1) is 0 Å². The van der Waals surface area contributed by atoms with Crippen LogP contribution in [0.2, 0.25) is 0 Å². The van der Waals surface area contributed by atoms with Gasteiger partial charge in [0.15, 0.2) is 0 Å². The van der Waals surface area contributed by atoms with Crippen LogP contribution >= 0.6 is 0 Å². The average molecular weight is 266 g/mol. The van der Waals surface area contributed by atoms with Gasteiger partial charge in [-0.2, -0.15) is 0 Å². The van der Waals surface area contributed by atoms with Crippen molar-refractivity contribution in [3.05, 3.63) is 11.6 Å². The number of nitrogens with one attached hydrogen (secondary N) is 1. The molecule has 112 valence electrons. The Morgan fingerprint density at radius 3 is 2.53 bits per heavy atom. The third-order valence-corrected chi connectivity index (χ3v) is 4.65. The third kappa shape index (κ3) is 4.92. The lowest BCUT2D eigenvalue weighted by Gasteiger charge is -2.42. The Kier molecular flexibility index (Phi) is 7.09. The molecular formula is C17H34N2. The molecule has 0 radical (unpaired) electrons. The van der Waals surface area contributed by atoms with Crippen LogP contribution < -0.4 is 5.32 Å². The van der Waals surface area contributed by atoms with Crippen molar-refractivity contribution in [2.75, 3.05) is 20.6 Å². The largest absolute Gasteiger partial charge is 0.309 e. The highest BCUT2D eigenvalue weighted by molar-refractivity contribution is 5.18. The first kappa shape index (κ1) is 16.7. The Labute approximate surface area is 120 Å². The average Bonchev–Trinajstić information content (AvgIpc) is 2.31. The first-order valence-corrected chi connectivity index (χ1v) is 8.10. The van der Waals surface area contributed by atoms with Crippen LogP contribution in [-0.2, 0) is 0 Å². The molecule has 1 rings (SSSR count). The van der Waals surface area contributed by atoms with Crippen LogP contribution in [0.25, 0.3) is 0 Å². The summed E-state index contributed by atoms with van der Waals surface area (Å²) in [6.07, 6.45) is 11.8. The van der Waals surface area contributed by atoms with Gasteiger partial charge in [0.25, 0.3) is 0 Å². The van der Waals surface area contributed by atoms with Crippen molar-refractivity contribution in [1.82, 2.24) is 10.2 Å². The lowest BCUT2D eigenvalue weighted by molar-refractivity contribution is 0.151. The number of likely N-dealkylation sites (N-methyl/N-ethyl adjacent to an activating group) is 1. The third-order valence-electron chi connectivity index (χ3n) is 4.65. The number of hydrogen-bond acceptors (Lipinski definition) is 2. The second-order valence-corrected chi connectivity index (χ2v) is 6.67. The minimum Gasteiger partial charge on any atom is -0.309 e. The Balaban J connectivity index is 2.87. The molecule has 2 heteroatoms. The predicted molar refractivity (Wildman–Crippen MR) is 85.6 cm³/mol. The Bertz CT molecular complexity index is 279. The van der Waals surface area contributed by atoms with E-state index in [1.54, 1.807) is 5.57 Å². The van der Waals surface area contributed by atoms with Crippen molar-refractivity contribution in [3.63, 3.8) is 0 Å². The van der Waals surface area contributed by atoms with Gasteiger partial charge in [0.2, 0.25) is 0 Å². The lowest BCUT2D eigenvalue weighted by Crippen LogP contribution is -2.56. The highest BCUT2D eigenvalue weighted by Crippen LogP contribution is 2.28. The van der Waals surface area contributed by atoms with Gasteiger partial charge in [0.05, 0.1) is 0 Å². The summed E-state index contributed by atoms with van der Waals surface area (Å²) in [7, 11) is 4.40. The van der Waals surface area contributed by atoms with Gasteiger partial charge < -0.3 is 10.2 Å². The lowest BCUT2D eigenvalue weighted by atomic mass is 9.83. The second kappa shape index (κ2) is 8.06. The van der Waals surface area contributed by atoms with E-state index in [0.29, 0.717) is 6.04 Å². The molecule has 0 aliphatic heterocycles. The minimum absolute atomic E-state index is 0.167. The van der Waals surface area contributed by atoms with Gasteiger partial charge in [-0.1, -0.05) is 31.4 Å². The molecule has 1 atom stereocenters. The number of hydrogen-bond donors (Lipinski definition) is 1. The van der Waals surface area contributed by atoms with Crippen molar-refractivity contribution in [2.24, 2.45) is 0 Å². The molecular weight excluding hydrogens is 232 g/mol. The molecule has 0 bridgehead atoms. The molecule has 1 aliphatic carbocycles. The topological polar surface area (TPSA) is 15.3 Å². The molecule has 0 fully saturated rings. The van der Waals surface area contributed by atoms with Crippen LogP contribution in [0.4, 0.5) is 0 Å². The molecule has 0 amide bonds. The van der Waals surface area contributed by atoms with Crippen LogP contribution in [0.5, 0.6) is 0 Å². The zero-order chi connectivity index (χ0) is 14.3. The van der Waals surface area contributed by atoms with E-state index in [4.69, 9.17) is 0 Å². The summed E-state index contributed by atoms with van der Waals surface area (Å²) < 4.78 is 0. The Morgan fingerprint density at radius 1 is 1.21 bits per heavy atom. The SMILES string of the molecule is CCCNC(C1=CCCCCCC1)C(C)(C)N(C)C. The summed E-state index contributed by atoms with van der Waals surface area (Å²) in [6.45, 7) is 8.08. The van der Waals surface area contributed by atoms with Gasteiger partial charge in [-0.05, 0) is 66.6 Å². The molecule has 1 unspecified atom stereocenters. The Hall–Kier alpha value is -0.340. The normalized spacial score (nSPS) is 19.8. The summed E-state index contributed by atoms with van der Waals surface area (Å²) >= 11 is 0. The van der Waals surface area contributed by atoms with E-state index in [2.05, 4.69) is 51.2 Å². The molecule has 0 spiro atoms. The first-order chi connectivity index (χ1) is 9.00. The van der Waals surface area contributed by atoms with Gasteiger partial charge in [-0.3, -0.25) is 0 Å². The van der Waals surface area contributed by atoms with E-state index in [0.717, 1.165) is 6.54 Å². The van der Waals surface area contributed by atoms with Crippen LogP contribution in [0.15, 0.2) is 11.6 Å². The van der Waals surface area contributed by atoms with E-state index < -0.39 is 0 Å². The van der Waals surface area contributed by atoms with E-state index in [1.807, 2.05) is 0 Å². The number of rotatable bonds is 6. The van der Waals surface area contributed by atoms with Gasteiger partial charge in [-0.25, -0.2) is 0 Å². The standard InChI is InChI=1S/C17H34N2/c1-6-14-18-16(17(2,3)19(4)5)15-12-10-8-7-9-11-13-15/h12,16,18H,6-11,13-14H2,1-5H3. The fourth-order valence-corrected chi connectivity index (χ4v) is 2.86. The van der Waals surface area contributed by atoms with Crippen molar-refractivity contribution >= 4 is 0 Å². The van der Waals surface area contributed by atoms with Crippen molar-refractivity contribution in [2.45, 2.75) is 77.3 Å². The molecule has 1 N–H and O–H groups in total. The van der Waals surface area contributed by atoms with E-state index in [9.17, 15) is 0 Å². The zero-order valence-corrected chi connectivity index (χ0v) is 13.8. The van der Waals surface area contributed by atoms with Gasteiger partial charge in [0, 0.05) is 11.6 Å². The summed E-state index contributed by atoms with van der Waals surface area (Å²) in [6, 6.07) is 0.487. The zero-order valence-electron chi connectivity index (χ0n) is 13.8. The fraction of sp³-hybridized carbons (Fsp3) is 0.882. The fourth-order valence-electron chi connectivity index (χ4n) is 2.86. The molecule has 2 nitrogen and oxygen atoms in total. The van der Waals surface area contributed by atoms with Crippen molar-refractivity contribution in [3.8, 4) is 0 Å². The first-order valence-electron chi connectivity index (χ1n) is 8.10. The molecule has 0 aromatic carbocycles. The maximum Gasteiger partial charge on any atom is 0.0460 e. The second-order valence-electron chi connectivity index (χ2n) is 6.67. The monoisotopic (exact) mass is 266 g/mol. The van der Waals surface area contributed by atoms with Gasteiger partial charge >= 0.3 is 0 Å². The maximum absolute atomic E-state index is 3.80. The quantitative estimate of drug-likeness (QED) is 0.732. The summed E-state index contributed by atoms with van der Waals surface area (Å²) in [5.41, 5.74) is 1.81. The Morgan fingerprint density at radius 2 is 1.89 bits per heavy atom. The highest BCUT2D eigenvalue weighted by Gasteiger charge is 2.33. The van der Waals surface area contributed by atoms with Crippen LogP contribution in [-0.4, -0.2) is 37.1 Å². The van der Waals surface area contributed by atoms with Gasteiger partial charge in [0.1, 0.15) is 0 Å². The van der Waals surface area contributed by atoms with Crippen molar-refractivity contribution in [1.29, 1.82) is 0 Å². The predicted octanol–water partition coefficient (Wildman–Crippen LogP) is 3.98. The minimum atomic E-state index is 0.167. The molecule has 0 saturated carbocycles. The molecule has 0 heterocycles. The summed E-state index contributed by atoms with van der Waals surface area (Å²) in [5, 5.41) is 3.80. The van der Waals surface area contributed by atoms with Crippen LogP contribution in [0.1, 0.15) is 65.7 Å². The molecule has 0 aromatic rings. The molecule has 0 saturated heterocycles. The molecule has 1 aliphatic rings. The van der Waals surface area contributed by atoms with E-state index >= 15 is 0 Å². The van der Waals surface area contributed by atoms with Crippen molar-refractivity contribution < 1.29 is 0 Å². The highest BCUT2D eigenvalue weighted by atomic mass is 15.2. The van der Waals surface area contributed by atoms with Gasteiger partial charge in [-0.15, -0.1) is 0 Å². The summed E-state index contributed by atoms with van der Waals surface area (Å²) in [4.78, 5) is 2.36. The molecule has 19 heavy (non-hydrogen) atoms. The number of allylic oxidation sites excluding steroid dienone is 1. The summed E-state index contributed by atoms with van der Waals surface area (Å²) in [5.74, 6) is 0. The van der Waals surface area contributed by atoms with E-state index in [1.165, 1.54) is 44.9 Å². The smallest absolute Gasteiger partial charge is 0.0460 e. The number of nitrogens with zero attached hydrogens (tertiary/aromatic N) is 1. The van der Waals surface area contributed by atoms with Crippen LogP contribution in [0.3, 0.4) is 0 Å². The maximum atomic E-state index is 3.80.